The minimum absolute atomic E-state index is 0.0313. The molecule has 1 aliphatic heterocycles. The van der Waals surface area contributed by atoms with Crippen molar-refractivity contribution in [2.45, 2.75) is 0 Å². The van der Waals surface area contributed by atoms with Gasteiger partial charge in [-0.05, 0) is 18.2 Å². The Morgan fingerprint density at radius 3 is 2.65 bits per heavy atom. The van der Waals surface area contributed by atoms with Crippen molar-refractivity contribution in [2.24, 2.45) is 0 Å². The molecule has 0 radical (unpaired) electrons. The second kappa shape index (κ2) is 6.93. The first-order valence-corrected chi connectivity index (χ1v) is 6.73. The van der Waals surface area contributed by atoms with Gasteiger partial charge < -0.3 is 19.9 Å². The van der Waals surface area contributed by atoms with Crippen LogP contribution in [0.2, 0.25) is 0 Å². The van der Waals surface area contributed by atoms with Crippen LogP contribution in [0.25, 0.3) is 0 Å². The average molecular weight is 320 g/mol. The smallest absolute Gasteiger partial charge is 0.337 e. The molecule has 23 heavy (non-hydrogen) atoms. The van der Waals surface area contributed by atoms with Crippen LogP contribution in [0.5, 0.6) is 5.75 Å². The third-order valence-corrected chi connectivity index (χ3v) is 3.22. The number of aliphatic hydroxyl groups excluding tert-OH is 1. The van der Waals surface area contributed by atoms with Crippen molar-refractivity contribution in [3.8, 4) is 5.75 Å². The van der Waals surface area contributed by atoms with Gasteiger partial charge in [-0.2, -0.15) is 0 Å². The first-order valence-electron chi connectivity index (χ1n) is 6.73. The normalized spacial score (nSPS) is 13.9. The van der Waals surface area contributed by atoms with E-state index in [0.29, 0.717) is 11.4 Å². The molecular weight excluding hydrogens is 304 g/mol. The van der Waals surface area contributed by atoms with Crippen LogP contribution in [0.4, 0.5) is 5.69 Å². The molecule has 0 saturated carbocycles. The number of amides is 2. The van der Waals surface area contributed by atoms with E-state index in [1.807, 2.05) is 0 Å². The topological polar surface area (TPSA) is 105 Å². The molecule has 8 heteroatoms. The summed E-state index contributed by atoms with van der Waals surface area (Å²) in [4.78, 5) is 36.3. The van der Waals surface area contributed by atoms with Crippen molar-refractivity contribution < 1.29 is 29.0 Å². The van der Waals surface area contributed by atoms with Crippen LogP contribution in [-0.2, 0) is 14.3 Å². The molecule has 1 aromatic carbocycles. The second-order valence-electron chi connectivity index (χ2n) is 4.61. The largest absolute Gasteiger partial charge is 0.495 e. The van der Waals surface area contributed by atoms with E-state index >= 15 is 0 Å². The number of nitrogens with one attached hydrogen (secondary N) is 1. The van der Waals surface area contributed by atoms with Crippen molar-refractivity contribution in [3.05, 3.63) is 35.5 Å². The summed E-state index contributed by atoms with van der Waals surface area (Å²) in [5, 5.41) is 11.7. The number of carbonyl (C=O) groups excluding carboxylic acids is 3. The molecule has 2 N–H and O–H groups in total. The summed E-state index contributed by atoms with van der Waals surface area (Å²) < 4.78 is 9.81. The molecule has 0 bridgehead atoms. The lowest BCUT2D eigenvalue weighted by molar-refractivity contribution is -0.137. The fourth-order valence-corrected chi connectivity index (χ4v) is 2.11. The van der Waals surface area contributed by atoms with Crippen LogP contribution in [0.15, 0.2) is 30.0 Å². The highest BCUT2D eigenvalue weighted by atomic mass is 16.5. The van der Waals surface area contributed by atoms with Crippen molar-refractivity contribution in [3.63, 3.8) is 0 Å². The summed E-state index contributed by atoms with van der Waals surface area (Å²) in [5.41, 5.74) is 0.637. The molecule has 0 atom stereocenters. The fraction of sp³-hybridized carbons (Fsp3) is 0.267. The predicted octanol–water partition coefficient (Wildman–Crippen LogP) is 0.139. The average Bonchev–Trinajstić information content (AvgIpc) is 2.82. The van der Waals surface area contributed by atoms with E-state index < -0.39 is 17.8 Å². The third kappa shape index (κ3) is 3.32. The highest BCUT2D eigenvalue weighted by molar-refractivity contribution is 6.17. The SMILES string of the molecule is COC(=O)c1ccc(OC)c(NC2=CC(=O)N(CCO)C2=O)c1. The zero-order valence-corrected chi connectivity index (χ0v) is 12.7. The van der Waals surface area contributed by atoms with Crippen molar-refractivity contribution in [1.29, 1.82) is 0 Å². The van der Waals surface area contributed by atoms with Gasteiger partial charge in [0.2, 0.25) is 0 Å². The molecule has 0 spiro atoms. The Labute approximate surface area is 132 Å². The van der Waals surface area contributed by atoms with Crippen LogP contribution in [0.3, 0.4) is 0 Å². The van der Waals surface area contributed by atoms with Crippen LogP contribution in [0, 0.1) is 0 Å². The molecule has 2 amide bonds. The summed E-state index contributed by atoms with van der Waals surface area (Å²) in [5.74, 6) is -1.23. The summed E-state index contributed by atoms with van der Waals surface area (Å²) in [6.07, 6.45) is 1.13. The first-order chi connectivity index (χ1) is 11.0. The van der Waals surface area contributed by atoms with Crippen molar-refractivity contribution >= 4 is 23.5 Å². The van der Waals surface area contributed by atoms with Gasteiger partial charge in [-0.1, -0.05) is 0 Å². The Hall–Kier alpha value is -2.87. The number of anilines is 1. The minimum atomic E-state index is -0.561. The maximum absolute atomic E-state index is 12.1. The van der Waals surface area contributed by atoms with E-state index in [2.05, 4.69) is 10.1 Å². The molecule has 0 aliphatic carbocycles. The minimum Gasteiger partial charge on any atom is -0.495 e. The van der Waals surface area contributed by atoms with E-state index in [4.69, 9.17) is 9.84 Å². The number of esters is 1. The molecule has 2 rings (SSSR count). The number of rotatable bonds is 6. The van der Waals surface area contributed by atoms with Gasteiger partial charge in [0.25, 0.3) is 11.8 Å². The molecular formula is C15H16N2O6. The summed E-state index contributed by atoms with van der Waals surface area (Å²) >= 11 is 0. The quantitative estimate of drug-likeness (QED) is 0.567. The number of ether oxygens (including phenoxy) is 2. The number of aliphatic hydroxyl groups is 1. The molecule has 0 saturated heterocycles. The maximum atomic E-state index is 12.1. The number of β-amino-alcohol motifs (C(OH)–C–C–N with tert-alkyl or cyclic N) is 1. The molecule has 1 aromatic rings. The van der Waals surface area contributed by atoms with Gasteiger partial charge >= 0.3 is 5.97 Å². The molecule has 122 valence electrons. The van der Waals surface area contributed by atoms with Gasteiger partial charge in [-0.25, -0.2) is 4.79 Å². The van der Waals surface area contributed by atoms with E-state index in [1.54, 1.807) is 6.07 Å². The fourth-order valence-electron chi connectivity index (χ4n) is 2.11. The first kappa shape index (κ1) is 16.5. The highest BCUT2D eigenvalue weighted by Gasteiger charge is 2.31. The lowest BCUT2D eigenvalue weighted by Crippen LogP contribution is -2.34. The molecule has 1 heterocycles. The van der Waals surface area contributed by atoms with Crippen LogP contribution < -0.4 is 10.1 Å². The van der Waals surface area contributed by atoms with Gasteiger partial charge in [0.1, 0.15) is 11.4 Å². The van der Waals surface area contributed by atoms with Crippen LogP contribution >= 0.6 is 0 Å². The number of hydrogen-bond acceptors (Lipinski definition) is 7. The van der Waals surface area contributed by atoms with Crippen LogP contribution in [0.1, 0.15) is 10.4 Å². The molecule has 0 unspecified atom stereocenters. The Bertz CT molecular complexity index is 683. The number of imide groups is 1. The third-order valence-electron chi connectivity index (χ3n) is 3.22. The van der Waals surface area contributed by atoms with E-state index in [0.717, 1.165) is 11.0 Å². The number of methoxy groups -OCH3 is 2. The van der Waals surface area contributed by atoms with Gasteiger partial charge in [0, 0.05) is 6.08 Å². The van der Waals surface area contributed by atoms with Crippen LogP contribution in [-0.4, -0.2) is 55.2 Å². The number of hydrogen-bond donors (Lipinski definition) is 2. The lowest BCUT2D eigenvalue weighted by atomic mass is 10.2. The maximum Gasteiger partial charge on any atom is 0.337 e. The molecule has 0 fully saturated rings. The zero-order chi connectivity index (χ0) is 17.0. The highest BCUT2D eigenvalue weighted by Crippen LogP contribution is 2.28. The number of nitrogens with zero attached hydrogens (tertiary/aromatic N) is 1. The second-order valence-corrected chi connectivity index (χ2v) is 4.61. The standard InChI is InChI=1S/C15H16N2O6/c1-22-12-4-3-9(15(21)23-2)7-10(12)16-11-8-13(19)17(5-6-18)14(11)20/h3-4,7-8,16,18H,5-6H2,1-2H3. The molecule has 0 aromatic heterocycles. The van der Waals surface area contributed by atoms with Crippen molar-refractivity contribution in [1.82, 2.24) is 4.90 Å². The lowest BCUT2D eigenvalue weighted by Gasteiger charge is -2.15. The Balaban J connectivity index is 2.29. The summed E-state index contributed by atoms with van der Waals surface area (Å²) in [6.45, 7) is -0.404. The van der Waals surface area contributed by atoms with Crippen molar-refractivity contribution in [2.75, 3.05) is 32.7 Å². The van der Waals surface area contributed by atoms with Gasteiger partial charge in [0.05, 0.1) is 38.6 Å². The Morgan fingerprint density at radius 1 is 1.30 bits per heavy atom. The van der Waals surface area contributed by atoms with E-state index in [1.165, 1.54) is 26.4 Å². The van der Waals surface area contributed by atoms with E-state index in [9.17, 15) is 14.4 Å². The zero-order valence-electron chi connectivity index (χ0n) is 12.7. The van der Waals surface area contributed by atoms with E-state index in [-0.39, 0.29) is 24.4 Å². The summed E-state index contributed by atoms with van der Waals surface area (Å²) in [6, 6.07) is 4.52. The van der Waals surface area contributed by atoms with Gasteiger partial charge in [-0.3, -0.25) is 14.5 Å². The number of carbonyl (C=O) groups is 3. The predicted molar refractivity (Wildman–Crippen MR) is 79.8 cm³/mol. The van der Waals surface area contributed by atoms with Gasteiger partial charge in [0.15, 0.2) is 0 Å². The molecule has 8 nitrogen and oxygen atoms in total. The monoisotopic (exact) mass is 320 g/mol. The van der Waals surface area contributed by atoms with Gasteiger partial charge in [-0.15, -0.1) is 0 Å². The Morgan fingerprint density at radius 2 is 2.04 bits per heavy atom. The number of benzene rings is 1. The summed E-state index contributed by atoms with van der Waals surface area (Å²) in [7, 11) is 2.69. The molecule has 1 aliphatic rings. The Kier molecular flexibility index (Phi) is 4.97.